The van der Waals surface area contributed by atoms with Crippen LogP contribution in [0.5, 0.6) is 11.5 Å². The van der Waals surface area contributed by atoms with Crippen molar-refractivity contribution in [3.8, 4) is 11.5 Å². The topological polar surface area (TPSA) is 65.4 Å². The maximum atomic E-state index is 12.7. The summed E-state index contributed by atoms with van der Waals surface area (Å²) in [6.45, 7) is -0.697. The Kier molecular flexibility index (Phi) is 7.63. The number of carbonyl (C=O) groups excluding carboxylic acids is 1. The van der Waals surface area contributed by atoms with Crippen molar-refractivity contribution in [2.24, 2.45) is 0 Å². The summed E-state index contributed by atoms with van der Waals surface area (Å²) in [6.07, 6.45) is 0.844. The summed E-state index contributed by atoms with van der Waals surface area (Å²) >= 11 is 0. The molecule has 2 aromatic carbocycles. The van der Waals surface area contributed by atoms with Gasteiger partial charge < -0.3 is 14.8 Å². The Balaban J connectivity index is 1.34. The van der Waals surface area contributed by atoms with Gasteiger partial charge in [0, 0.05) is 17.7 Å². The summed E-state index contributed by atoms with van der Waals surface area (Å²) in [5.41, 5.74) is 4.17. The average Bonchev–Trinajstić information content (AvgIpc) is 3.25. The van der Waals surface area contributed by atoms with Crippen LogP contribution in [0, 0.1) is 0 Å². The monoisotopic (exact) mass is 487 g/mol. The fourth-order valence-electron chi connectivity index (χ4n) is 4.33. The van der Waals surface area contributed by atoms with Crippen molar-refractivity contribution in [3.63, 3.8) is 0 Å². The highest BCUT2D eigenvalue weighted by Gasteiger charge is 2.29. The van der Waals surface area contributed by atoms with Crippen LogP contribution >= 0.6 is 0 Å². The minimum Gasteiger partial charge on any atom is -0.493 e. The fraction of sp³-hybridized carbons (Fsp3) is 0.385. The molecule has 3 aromatic rings. The molecule has 186 valence electrons. The molecule has 1 amide bonds. The molecular formula is C26H28F3N3O3. The molecule has 9 heteroatoms. The number of methoxy groups -OCH3 is 1. The van der Waals surface area contributed by atoms with Gasteiger partial charge in [0.15, 0.2) is 18.1 Å². The summed E-state index contributed by atoms with van der Waals surface area (Å²) in [5.74, 6) is 0.130. The Hall–Kier alpha value is -3.49. The van der Waals surface area contributed by atoms with Crippen LogP contribution in [-0.2, 0) is 24.2 Å². The molecule has 0 fully saturated rings. The van der Waals surface area contributed by atoms with E-state index in [1.54, 1.807) is 12.1 Å². The van der Waals surface area contributed by atoms with Crippen LogP contribution in [0.3, 0.4) is 0 Å². The Morgan fingerprint density at radius 1 is 1.14 bits per heavy atom. The van der Waals surface area contributed by atoms with E-state index in [9.17, 15) is 18.0 Å². The van der Waals surface area contributed by atoms with E-state index in [0.29, 0.717) is 13.0 Å². The number of rotatable bonds is 9. The molecule has 4 rings (SSSR count). The third kappa shape index (κ3) is 6.55. The molecule has 6 nitrogen and oxygen atoms in total. The van der Waals surface area contributed by atoms with Gasteiger partial charge in [0.2, 0.25) is 5.91 Å². The third-order valence-corrected chi connectivity index (χ3v) is 6.03. The van der Waals surface area contributed by atoms with E-state index in [0.717, 1.165) is 36.1 Å². The predicted molar refractivity (Wildman–Crippen MR) is 124 cm³/mol. The first kappa shape index (κ1) is 24.6. The van der Waals surface area contributed by atoms with Crippen LogP contribution in [-0.4, -0.2) is 35.6 Å². The quantitative estimate of drug-likeness (QED) is 0.461. The molecule has 35 heavy (non-hydrogen) atoms. The molecule has 1 N–H and O–H groups in total. The second kappa shape index (κ2) is 10.8. The number of hydrogen-bond acceptors (Lipinski definition) is 4. The number of aryl methyl sites for hydroxylation is 1. The van der Waals surface area contributed by atoms with E-state index >= 15 is 0 Å². The van der Waals surface area contributed by atoms with Crippen molar-refractivity contribution in [3.05, 3.63) is 77.1 Å². The second-order valence-corrected chi connectivity index (χ2v) is 8.59. The zero-order valence-corrected chi connectivity index (χ0v) is 19.5. The van der Waals surface area contributed by atoms with Gasteiger partial charge >= 0.3 is 6.18 Å². The highest BCUT2D eigenvalue weighted by Crippen LogP contribution is 2.31. The molecule has 0 spiro atoms. The van der Waals surface area contributed by atoms with Crippen LogP contribution in [0.25, 0.3) is 0 Å². The van der Waals surface area contributed by atoms with Crippen LogP contribution < -0.4 is 14.8 Å². The van der Waals surface area contributed by atoms with Gasteiger partial charge in [-0.1, -0.05) is 36.4 Å². The summed E-state index contributed by atoms with van der Waals surface area (Å²) in [6, 6.07) is 14.7. The van der Waals surface area contributed by atoms with Crippen molar-refractivity contribution in [2.75, 3.05) is 13.7 Å². The number of aromatic nitrogens is 2. The normalized spacial score (nSPS) is 15.4. The van der Waals surface area contributed by atoms with Crippen molar-refractivity contribution in [2.45, 2.75) is 50.9 Å². The molecule has 0 radical (unpaired) electrons. The van der Waals surface area contributed by atoms with Gasteiger partial charge in [0.05, 0.1) is 25.9 Å². The Morgan fingerprint density at radius 3 is 2.69 bits per heavy atom. The minimum atomic E-state index is -4.43. The number of alkyl halides is 3. The number of fused-ring (bicyclic) bond motifs is 1. The van der Waals surface area contributed by atoms with E-state index in [4.69, 9.17) is 9.47 Å². The highest BCUT2D eigenvalue weighted by atomic mass is 19.4. The lowest BCUT2D eigenvalue weighted by molar-refractivity contribution is -0.153. The summed E-state index contributed by atoms with van der Waals surface area (Å²) < 4.78 is 49.3. The molecule has 1 unspecified atom stereocenters. The maximum Gasteiger partial charge on any atom is 0.422 e. The number of halogens is 3. The molecule has 0 saturated heterocycles. The SMILES string of the molecule is COc1cc(CCC(=O)NC2CCCc3c2cnn3Cc2ccccc2)ccc1OCC(F)(F)F. The minimum absolute atomic E-state index is 0.0141. The Labute approximate surface area is 202 Å². The van der Waals surface area contributed by atoms with Crippen molar-refractivity contribution in [1.82, 2.24) is 15.1 Å². The van der Waals surface area contributed by atoms with Gasteiger partial charge in [-0.25, -0.2) is 0 Å². The number of carbonyl (C=O) groups is 1. The third-order valence-electron chi connectivity index (χ3n) is 6.03. The fourth-order valence-corrected chi connectivity index (χ4v) is 4.33. The second-order valence-electron chi connectivity index (χ2n) is 8.59. The average molecular weight is 488 g/mol. The van der Waals surface area contributed by atoms with Gasteiger partial charge in [0.25, 0.3) is 0 Å². The maximum absolute atomic E-state index is 12.7. The zero-order chi connectivity index (χ0) is 24.8. The first-order valence-electron chi connectivity index (χ1n) is 11.6. The molecule has 1 aromatic heterocycles. The molecule has 1 aliphatic carbocycles. The largest absolute Gasteiger partial charge is 0.493 e. The van der Waals surface area contributed by atoms with Crippen LogP contribution in [0.2, 0.25) is 0 Å². The first-order valence-corrected chi connectivity index (χ1v) is 11.6. The van der Waals surface area contributed by atoms with Gasteiger partial charge in [-0.15, -0.1) is 0 Å². The lowest BCUT2D eigenvalue weighted by Gasteiger charge is -2.24. The van der Waals surface area contributed by atoms with Crippen molar-refractivity contribution >= 4 is 5.91 Å². The molecule has 1 aliphatic rings. The van der Waals surface area contributed by atoms with Crippen molar-refractivity contribution in [1.29, 1.82) is 0 Å². The van der Waals surface area contributed by atoms with E-state index in [-0.39, 0.29) is 29.9 Å². The summed E-state index contributed by atoms with van der Waals surface area (Å²) in [7, 11) is 1.37. The number of ether oxygens (including phenoxy) is 2. The van der Waals surface area contributed by atoms with Gasteiger partial charge in [0.1, 0.15) is 0 Å². The highest BCUT2D eigenvalue weighted by molar-refractivity contribution is 5.76. The van der Waals surface area contributed by atoms with E-state index in [2.05, 4.69) is 22.5 Å². The summed E-state index contributed by atoms with van der Waals surface area (Å²) in [4.78, 5) is 12.7. The van der Waals surface area contributed by atoms with Crippen LogP contribution in [0.4, 0.5) is 13.2 Å². The number of benzene rings is 2. The van der Waals surface area contributed by atoms with Gasteiger partial charge in [-0.05, 0) is 48.9 Å². The molecule has 0 aliphatic heterocycles. The van der Waals surface area contributed by atoms with E-state index in [1.165, 1.54) is 18.7 Å². The van der Waals surface area contributed by atoms with Gasteiger partial charge in [-0.3, -0.25) is 9.48 Å². The Morgan fingerprint density at radius 2 is 1.94 bits per heavy atom. The number of nitrogens with one attached hydrogen (secondary N) is 1. The number of amides is 1. The van der Waals surface area contributed by atoms with Gasteiger partial charge in [-0.2, -0.15) is 18.3 Å². The summed E-state index contributed by atoms with van der Waals surface area (Å²) in [5, 5.41) is 7.70. The smallest absolute Gasteiger partial charge is 0.422 e. The molecule has 0 saturated carbocycles. The lowest BCUT2D eigenvalue weighted by Crippen LogP contribution is -2.31. The first-order chi connectivity index (χ1) is 16.8. The van der Waals surface area contributed by atoms with Crippen LogP contribution in [0.15, 0.2) is 54.7 Å². The standard InChI is InChI=1S/C26H28F3N3O3/c1-34-24-14-18(10-12-23(24)35-17-26(27,28)29)11-13-25(33)31-21-8-5-9-22-20(21)15-30-32(22)16-19-6-3-2-4-7-19/h2-4,6-7,10,12,14-15,21H,5,8-9,11,13,16-17H2,1H3,(H,31,33). The van der Waals surface area contributed by atoms with Crippen LogP contribution in [0.1, 0.15) is 47.7 Å². The number of nitrogens with zero attached hydrogens (tertiary/aromatic N) is 2. The molecule has 0 bridgehead atoms. The number of hydrogen-bond donors (Lipinski definition) is 1. The predicted octanol–water partition coefficient (Wildman–Crippen LogP) is 5.01. The van der Waals surface area contributed by atoms with E-state index in [1.807, 2.05) is 29.1 Å². The molecule has 1 atom stereocenters. The zero-order valence-electron chi connectivity index (χ0n) is 19.5. The van der Waals surface area contributed by atoms with E-state index < -0.39 is 12.8 Å². The Bertz CT molecular complexity index is 1150. The lowest BCUT2D eigenvalue weighted by atomic mass is 9.92. The molecule has 1 heterocycles. The van der Waals surface area contributed by atoms with Crippen molar-refractivity contribution < 1.29 is 27.4 Å². The molecular weight excluding hydrogens is 459 g/mol.